The van der Waals surface area contributed by atoms with E-state index in [1.807, 2.05) is 24.3 Å². The molecule has 0 saturated heterocycles. The van der Waals surface area contributed by atoms with Crippen molar-refractivity contribution >= 4 is 11.7 Å². The Kier molecular flexibility index (Phi) is 3.85. The fraction of sp³-hybridized carbons (Fsp3) is 0.462. The highest BCUT2D eigenvalue weighted by atomic mass is 16.6. The Balaban J connectivity index is 1.77. The lowest BCUT2D eigenvalue weighted by Gasteiger charge is -2.07. The zero-order chi connectivity index (χ0) is 12.1. The largest absolute Gasteiger partial charge is 0.482 e. The molecule has 1 N–H and O–H groups in total. The number of methoxy groups -OCH3 is 1. The van der Waals surface area contributed by atoms with Crippen molar-refractivity contribution in [2.45, 2.75) is 12.8 Å². The Hall–Kier alpha value is -1.71. The molecule has 0 radical (unpaired) electrons. The molecule has 4 nitrogen and oxygen atoms in total. The normalized spacial score (nSPS) is 14.2. The summed E-state index contributed by atoms with van der Waals surface area (Å²) in [5, 5.41) is 3.36. The van der Waals surface area contributed by atoms with Crippen LogP contribution in [0.1, 0.15) is 12.8 Å². The summed E-state index contributed by atoms with van der Waals surface area (Å²) in [5.74, 6) is 1.15. The predicted octanol–water partition coefficient (Wildman–Crippen LogP) is 2.06. The van der Waals surface area contributed by atoms with Crippen molar-refractivity contribution in [3.63, 3.8) is 0 Å². The zero-order valence-electron chi connectivity index (χ0n) is 9.94. The average molecular weight is 235 g/mol. The van der Waals surface area contributed by atoms with E-state index in [2.05, 4.69) is 10.1 Å². The van der Waals surface area contributed by atoms with Crippen LogP contribution >= 0.6 is 0 Å². The third kappa shape index (κ3) is 3.98. The molecule has 92 valence electrons. The smallest absolute Gasteiger partial charge is 0.343 e. The second kappa shape index (κ2) is 5.57. The third-order valence-corrected chi connectivity index (χ3v) is 2.73. The second-order valence-electron chi connectivity index (χ2n) is 4.21. The van der Waals surface area contributed by atoms with Crippen LogP contribution in [0, 0.1) is 5.92 Å². The van der Waals surface area contributed by atoms with Crippen molar-refractivity contribution in [3.8, 4) is 5.75 Å². The van der Waals surface area contributed by atoms with E-state index in [0.29, 0.717) is 5.75 Å². The van der Waals surface area contributed by atoms with Crippen molar-refractivity contribution in [2.75, 3.05) is 25.6 Å². The van der Waals surface area contributed by atoms with Crippen LogP contribution in [0.25, 0.3) is 0 Å². The molecule has 0 amide bonds. The molecule has 0 heterocycles. The van der Waals surface area contributed by atoms with Crippen molar-refractivity contribution in [3.05, 3.63) is 24.3 Å². The van der Waals surface area contributed by atoms with E-state index in [-0.39, 0.29) is 12.6 Å². The molecule has 0 atom stereocenters. The fourth-order valence-corrected chi connectivity index (χ4v) is 1.45. The first-order chi connectivity index (χ1) is 8.28. The summed E-state index contributed by atoms with van der Waals surface area (Å²) >= 11 is 0. The summed E-state index contributed by atoms with van der Waals surface area (Å²) in [7, 11) is 1.34. The van der Waals surface area contributed by atoms with Gasteiger partial charge in [0.15, 0.2) is 6.61 Å². The van der Waals surface area contributed by atoms with E-state index in [0.717, 1.165) is 18.2 Å². The van der Waals surface area contributed by atoms with Gasteiger partial charge in [0, 0.05) is 12.2 Å². The van der Waals surface area contributed by atoms with Crippen LogP contribution in [0.3, 0.4) is 0 Å². The standard InChI is InChI=1S/C13H17NO3/c1-16-13(15)9-17-12-6-4-11(5-7-12)14-8-10-2-3-10/h4-7,10,14H,2-3,8-9H2,1H3. The lowest BCUT2D eigenvalue weighted by molar-refractivity contribution is -0.142. The van der Waals surface area contributed by atoms with Crippen LogP contribution in [-0.2, 0) is 9.53 Å². The molecule has 17 heavy (non-hydrogen) atoms. The minimum Gasteiger partial charge on any atom is -0.482 e. The van der Waals surface area contributed by atoms with Crippen LogP contribution < -0.4 is 10.1 Å². The fourth-order valence-electron chi connectivity index (χ4n) is 1.45. The average Bonchev–Trinajstić information content (AvgIpc) is 3.18. The Morgan fingerprint density at radius 1 is 1.35 bits per heavy atom. The summed E-state index contributed by atoms with van der Waals surface area (Å²) in [6.07, 6.45) is 2.68. The Morgan fingerprint density at radius 3 is 2.65 bits per heavy atom. The third-order valence-electron chi connectivity index (χ3n) is 2.73. The molecule has 1 aliphatic carbocycles. The van der Waals surface area contributed by atoms with E-state index in [1.54, 1.807) is 0 Å². The Morgan fingerprint density at radius 2 is 2.06 bits per heavy atom. The highest BCUT2D eigenvalue weighted by Gasteiger charge is 2.20. The van der Waals surface area contributed by atoms with Crippen molar-refractivity contribution in [1.82, 2.24) is 0 Å². The van der Waals surface area contributed by atoms with Gasteiger partial charge in [0.1, 0.15) is 5.75 Å². The maximum absolute atomic E-state index is 10.9. The number of hydrogen-bond acceptors (Lipinski definition) is 4. The van der Waals surface area contributed by atoms with E-state index in [1.165, 1.54) is 20.0 Å². The van der Waals surface area contributed by atoms with Gasteiger partial charge in [-0.3, -0.25) is 0 Å². The number of esters is 1. The van der Waals surface area contributed by atoms with Crippen molar-refractivity contribution < 1.29 is 14.3 Å². The van der Waals surface area contributed by atoms with Gasteiger partial charge in [-0.25, -0.2) is 4.79 Å². The van der Waals surface area contributed by atoms with Crippen LogP contribution in [0.4, 0.5) is 5.69 Å². The minimum absolute atomic E-state index is 0.0502. The molecule has 0 aliphatic heterocycles. The number of hydrogen-bond donors (Lipinski definition) is 1. The minimum atomic E-state index is -0.374. The number of ether oxygens (including phenoxy) is 2. The van der Waals surface area contributed by atoms with Crippen LogP contribution in [0.5, 0.6) is 5.75 Å². The van der Waals surface area contributed by atoms with Crippen LogP contribution in [0.15, 0.2) is 24.3 Å². The summed E-state index contributed by atoms with van der Waals surface area (Å²) in [6.45, 7) is 0.994. The molecule has 0 aromatic heterocycles. The lowest BCUT2D eigenvalue weighted by Crippen LogP contribution is -2.12. The monoisotopic (exact) mass is 235 g/mol. The highest BCUT2D eigenvalue weighted by Crippen LogP contribution is 2.29. The molecule has 0 unspecified atom stereocenters. The van der Waals surface area contributed by atoms with Crippen LogP contribution in [-0.4, -0.2) is 26.2 Å². The SMILES string of the molecule is COC(=O)COc1ccc(NCC2CC2)cc1. The number of rotatable bonds is 6. The Labute approximate surface area is 101 Å². The van der Waals surface area contributed by atoms with Gasteiger partial charge in [-0.2, -0.15) is 0 Å². The van der Waals surface area contributed by atoms with Crippen molar-refractivity contribution in [1.29, 1.82) is 0 Å². The zero-order valence-corrected chi connectivity index (χ0v) is 9.94. The lowest BCUT2D eigenvalue weighted by atomic mass is 10.3. The molecule has 0 spiro atoms. The quantitative estimate of drug-likeness (QED) is 0.767. The van der Waals surface area contributed by atoms with Gasteiger partial charge in [-0.15, -0.1) is 0 Å². The number of benzene rings is 1. The number of carbonyl (C=O) groups is 1. The van der Waals surface area contributed by atoms with Gasteiger partial charge >= 0.3 is 5.97 Å². The van der Waals surface area contributed by atoms with E-state index < -0.39 is 0 Å². The molecule has 1 aromatic carbocycles. The first-order valence-electron chi connectivity index (χ1n) is 5.81. The maximum atomic E-state index is 10.9. The molecule has 1 saturated carbocycles. The molecule has 1 aromatic rings. The number of anilines is 1. The molecule has 1 fully saturated rings. The van der Waals surface area contributed by atoms with E-state index in [4.69, 9.17) is 4.74 Å². The molecule has 2 rings (SSSR count). The predicted molar refractivity (Wildman–Crippen MR) is 65.2 cm³/mol. The number of carbonyl (C=O) groups excluding carboxylic acids is 1. The molecular weight excluding hydrogens is 218 g/mol. The summed E-state index contributed by atoms with van der Waals surface area (Å²) in [4.78, 5) is 10.9. The Bertz CT molecular complexity index is 371. The van der Waals surface area contributed by atoms with E-state index in [9.17, 15) is 4.79 Å². The van der Waals surface area contributed by atoms with Gasteiger partial charge in [-0.1, -0.05) is 0 Å². The van der Waals surface area contributed by atoms with Crippen LogP contribution in [0.2, 0.25) is 0 Å². The molecular formula is C13H17NO3. The van der Waals surface area contributed by atoms with Gasteiger partial charge < -0.3 is 14.8 Å². The number of nitrogens with one attached hydrogen (secondary N) is 1. The van der Waals surface area contributed by atoms with Gasteiger partial charge in [-0.05, 0) is 43.0 Å². The topological polar surface area (TPSA) is 47.6 Å². The second-order valence-corrected chi connectivity index (χ2v) is 4.21. The van der Waals surface area contributed by atoms with E-state index >= 15 is 0 Å². The first-order valence-corrected chi connectivity index (χ1v) is 5.81. The van der Waals surface area contributed by atoms with Gasteiger partial charge in [0.2, 0.25) is 0 Å². The van der Waals surface area contributed by atoms with Gasteiger partial charge in [0.05, 0.1) is 7.11 Å². The summed E-state index contributed by atoms with van der Waals surface area (Å²) < 4.78 is 9.74. The van der Waals surface area contributed by atoms with Gasteiger partial charge in [0.25, 0.3) is 0 Å². The molecule has 0 bridgehead atoms. The molecule has 1 aliphatic rings. The van der Waals surface area contributed by atoms with Crippen molar-refractivity contribution in [2.24, 2.45) is 5.92 Å². The maximum Gasteiger partial charge on any atom is 0.343 e. The molecule has 4 heteroatoms. The summed E-state index contributed by atoms with van der Waals surface area (Å²) in [5.41, 5.74) is 1.09. The first kappa shape index (κ1) is 11.8. The highest BCUT2D eigenvalue weighted by molar-refractivity contribution is 5.70. The summed E-state index contributed by atoms with van der Waals surface area (Å²) in [6, 6.07) is 7.60.